The van der Waals surface area contributed by atoms with Crippen LogP contribution in [0.25, 0.3) is 0 Å². The molecule has 4 N–H and O–H groups in total. The van der Waals surface area contributed by atoms with Crippen molar-refractivity contribution >= 4 is 11.4 Å². The maximum Gasteiger partial charge on any atom is 0.142 e. The summed E-state index contributed by atoms with van der Waals surface area (Å²) in [5, 5.41) is 0. The molecule has 0 spiro atoms. The van der Waals surface area contributed by atoms with Gasteiger partial charge in [-0.25, -0.2) is 0 Å². The van der Waals surface area contributed by atoms with Gasteiger partial charge in [0.1, 0.15) is 36.2 Å². The van der Waals surface area contributed by atoms with Crippen molar-refractivity contribution in [3.63, 3.8) is 0 Å². The monoisotopic (exact) mass is 570 g/mol. The van der Waals surface area contributed by atoms with Crippen molar-refractivity contribution in [3.05, 3.63) is 108 Å². The Morgan fingerprint density at radius 3 is 1.21 bits per heavy atom. The molecule has 0 bridgehead atoms. The molecule has 0 radical (unpaired) electrons. The van der Waals surface area contributed by atoms with E-state index in [1.54, 1.807) is 0 Å². The minimum absolute atomic E-state index is 0.512. The van der Waals surface area contributed by atoms with Crippen LogP contribution in [-0.4, -0.2) is 13.2 Å². The molecule has 0 atom stereocenters. The predicted molar refractivity (Wildman–Crippen MR) is 173 cm³/mol. The van der Waals surface area contributed by atoms with Gasteiger partial charge >= 0.3 is 0 Å². The van der Waals surface area contributed by atoms with E-state index in [9.17, 15) is 0 Å². The first kappa shape index (κ1) is 32.2. The van der Waals surface area contributed by atoms with Crippen LogP contribution < -0.4 is 30.4 Å². The number of nitrogens with two attached hydrogens (primary N) is 2. The van der Waals surface area contributed by atoms with Crippen LogP contribution in [0.4, 0.5) is 11.4 Å². The predicted octanol–water partition coefficient (Wildman–Crippen LogP) is 8.55. The second-order valence-corrected chi connectivity index (χ2v) is 11.0. The van der Waals surface area contributed by atoms with E-state index in [1.807, 2.05) is 97.1 Å². The summed E-state index contributed by atoms with van der Waals surface area (Å²) < 4.78 is 22.8. The zero-order valence-electron chi connectivity index (χ0n) is 25.4. The van der Waals surface area contributed by atoms with E-state index >= 15 is 0 Å². The van der Waals surface area contributed by atoms with Gasteiger partial charge < -0.3 is 30.4 Å². The number of hydrogen-bond donors (Lipinski definition) is 2. The number of rotatable bonds is 14. The fourth-order valence-electron chi connectivity index (χ4n) is 3.79. The fourth-order valence-corrected chi connectivity index (χ4v) is 3.79. The van der Waals surface area contributed by atoms with Gasteiger partial charge in [0.15, 0.2) is 0 Å². The summed E-state index contributed by atoms with van der Waals surface area (Å²) in [7, 11) is 0. The van der Waals surface area contributed by atoms with Gasteiger partial charge in [0, 0.05) is 12.1 Å². The number of benzene rings is 4. The number of ether oxygens (including phenoxy) is 4. The molecule has 0 saturated carbocycles. The number of nitrogen functional groups attached to an aromatic ring is 2. The molecule has 0 fully saturated rings. The maximum absolute atomic E-state index is 6.01. The molecule has 6 heteroatoms. The first-order valence-corrected chi connectivity index (χ1v) is 14.7. The van der Waals surface area contributed by atoms with Crippen molar-refractivity contribution in [2.24, 2.45) is 11.8 Å². The largest absolute Gasteiger partial charge is 0.494 e. The maximum atomic E-state index is 6.01. The number of hydrogen-bond acceptors (Lipinski definition) is 6. The van der Waals surface area contributed by atoms with Crippen molar-refractivity contribution in [2.45, 2.75) is 53.8 Å². The molecule has 0 saturated heterocycles. The molecule has 4 rings (SSSR count). The second-order valence-electron chi connectivity index (χ2n) is 11.0. The van der Waals surface area contributed by atoms with Gasteiger partial charge in [-0.05, 0) is 60.1 Å². The van der Waals surface area contributed by atoms with Gasteiger partial charge in [0.05, 0.1) is 24.6 Å². The Kier molecular flexibility index (Phi) is 13.4. The normalized spacial score (nSPS) is 10.6. The summed E-state index contributed by atoms with van der Waals surface area (Å²) in [6.45, 7) is 11.2. The fraction of sp³-hybridized carbons (Fsp3) is 0.333. The van der Waals surface area contributed by atoms with Crippen molar-refractivity contribution < 1.29 is 18.9 Å². The van der Waals surface area contributed by atoms with Gasteiger partial charge in [0.2, 0.25) is 0 Å². The molecule has 0 aliphatic rings. The van der Waals surface area contributed by atoms with E-state index in [0.29, 0.717) is 61.1 Å². The van der Waals surface area contributed by atoms with Crippen molar-refractivity contribution in [1.29, 1.82) is 0 Å². The van der Waals surface area contributed by atoms with Crippen LogP contribution in [0.5, 0.6) is 23.0 Å². The van der Waals surface area contributed by atoms with E-state index in [2.05, 4.69) is 27.7 Å². The summed E-state index contributed by atoms with van der Waals surface area (Å²) >= 11 is 0. The van der Waals surface area contributed by atoms with Gasteiger partial charge in [-0.15, -0.1) is 0 Å². The molecule has 0 unspecified atom stereocenters. The van der Waals surface area contributed by atoms with E-state index in [0.717, 1.165) is 35.5 Å². The Morgan fingerprint density at radius 2 is 0.881 bits per heavy atom. The molecule has 0 aliphatic heterocycles. The zero-order valence-corrected chi connectivity index (χ0v) is 25.4. The Morgan fingerprint density at radius 1 is 0.500 bits per heavy atom. The molecule has 4 aromatic rings. The van der Waals surface area contributed by atoms with Crippen LogP contribution in [0.3, 0.4) is 0 Å². The molecular weight excluding hydrogens is 524 g/mol. The first-order chi connectivity index (χ1) is 20.3. The quantitative estimate of drug-likeness (QED) is 0.148. The Bertz CT molecular complexity index is 1210. The summed E-state index contributed by atoms with van der Waals surface area (Å²) in [5.41, 5.74) is 15.5. The summed E-state index contributed by atoms with van der Waals surface area (Å²) in [6, 6.07) is 31.2. The van der Waals surface area contributed by atoms with Gasteiger partial charge in [-0.3, -0.25) is 0 Å². The van der Waals surface area contributed by atoms with Gasteiger partial charge in [-0.1, -0.05) is 88.4 Å². The van der Waals surface area contributed by atoms with E-state index < -0.39 is 0 Å². The SMILES string of the molecule is CC(C)CCOc1ccc(OCc2ccccc2)c(N)c1.CC(C)CCOc1ccc(OCc2ccccc2)c(N)c1. The lowest BCUT2D eigenvalue weighted by molar-refractivity contribution is 0.287. The van der Waals surface area contributed by atoms with Crippen LogP contribution >= 0.6 is 0 Å². The summed E-state index contributed by atoms with van der Waals surface area (Å²) in [6.07, 6.45) is 2.07. The highest BCUT2D eigenvalue weighted by molar-refractivity contribution is 5.57. The third kappa shape index (κ3) is 12.0. The second kappa shape index (κ2) is 17.5. The third-order valence-electron chi connectivity index (χ3n) is 6.36. The van der Waals surface area contributed by atoms with Crippen molar-refractivity contribution in [1.82, 2.24) is 0 Å². The van der Waals surface area contributed by atoms with Crippen LogP contribution in [0, 0.1) is 11.8 Å². The Labute approximate surface area is 251 Å². The van der Waals surface area contributed by atoms with Crippen molar-refractivity contribution in [3.8, 4) is 23.0 Å². The van der Waals surface area contributed by atoms with Crippen molar-refractivity contribution in [2.75, 3.05) is 24.7 Å². The van der Waals surface area contributed by atoms with E-state index in [4.69, 9.17) is 30.4 Å². The lowest BCUT2D eigenvalue weighted by Gasteiger charge is -2.12. The summed E-state index contributed by atoms with van der Waals surface area (Å²) in [5.74, 6) is 4.23. The highest BCUT2D eigenvalue weighted by Gasteiger charge is 2.06. The molecule has 224 valence electrons. The van der Waals surface area contributed by atoms with E-state index in [1.165, 1.54) is 0 Å². The zero-order chi connectivity index (χ0) is 30.2. The lowest BCUT2D eigenvalue weighted by atomic mass is 10.1. The molecule has 4 aromatic carbocycles. The first-order valence-electron chi connectivity index (χ1n) is 14.7. The van der Waals surface area contributed by atoms with Crippen LogP contribution in [0.1, 0.15) is 51.7 Å². The molecule has 42 heavy (non-hydrogen) atoms. The average Bonchev–Trinajstić information content (AvgIpc) is 2.97. The van der Waals surface area contributed by atoms with Crippen LogP contribution in [-0.2, 0) is 13.2 Å². The molecule has 0 heterocycles. The average molecular weight is 571 g/mol. The van der Waals surface area contributed by atoms with Crippen LogP contribution in [0.2, 0.25) is 0 Å². The smallest absolute Gasteiger partial charge is 0.142 e. The molecule has 0 aromatic heterocycles. The molecule has 0 amide bonds. The molecule has 0 aliphatic carbocycles. The lowest BCUT2D eigenvalue weighted by Crippen LogP contribution is -2.03. The van der Waals surface area contributed by atoms with E-state index in [-0.39, 0.29) is 0 Å². The molecular formula is C36H46N2O4. The van der Waals surface area contributed by atoms with Gasteiger partial charge in [-0.2, -0.15) is 0 Å². The Balaban J connectivity index is 0.000000230. The third-order valence-corrected chi connectivity index (χ3v) is 6.36. The Hall–Kier alpha value is -4.32. The topological polar surface area (TPSA) is 89.0 Å². The minimum Gasteiger partial charge on any atom is -0.494 e. The highest BCUT2D eigenvalue weighted by atomic mass is 16.5. The van der Waals surface area contributed by atoms with Gasteiger partial charge in [0.25, 0.3) is 0 Å². The molecule has 6 nitrogen and oxygen atoms in total. The minimum atomic E-state index is 0.512. The highest BCUT2D eigenvalue weighted by Crippen LogP contribution is 2.28. The summed E-state index contributed by atoms with van der Waals surface area (Å²) in [4.78, 5) is 0. The van der Waals surface area contributed by atoms with Crippen LogP contribution in [0.15, 0.2) is 97.1 Å². The standard InChI is InChI=1S/2C18H23NO2/c2*1-14(2)10-11-20-16-8-9-18(17(19)12-16)21-13-15-6-4-3-5-7-15/h2*3-9,12,14H,10-11,13,19H2,1-2H3. The number of anilines is 2.